The summed E-state index contributed by atoms with van der Waals surface area (Å²) in [6.45, 7) is 0.591. The Bertz CT molecular complexity index is 292. The molecule has 0 aromatic heterocycles. The summed E-state index contributed by atoms with van der Waals surface area (Å²) < 4.78 is 4.90. The van der Waals surface area contributed by atoms with Gasteiger partial charge in [-0.2, -0.15) is 0 Å². The monoisotopic (exact) mass is 176 g/mol. The summed E-state index contributed by atoms with van der Waals surface area (Å²) in [6, 6.07) is 10.2. The molecular weight excluding hydrogens is 164 g/mol. The van der Waals surface area contributed by atoms with E-state index in [0.717, 1.165) is 6.42 Å². The first-order valence-corrected chi connectivity index (χ1v) is 4.54. The van der Waals surface area contributed by atoms with Crippen molar-refractivity contribution >= 4 is 5.97 Å². The molecule has 0 bridgehead atoms. The molecule has 0 N–H and O–H groups in total. The van der Waals surface area contributed by atoms with Crippen LogP contribution < -0.4 is 0 Å². The van der Waals surface area contributed by atoms with Crippen LogP contribution in [0.5, 0.6) is 0 Å². The first-order valence-electron chi connectivity index (χ1n) is 4.54. The van der Waals surface area contributed by atoms with Crippen molar-refractivity contribution in [2.24, 2.45) is 5.92 Å². The molecule has 0 aliphatic carbocycles. The first-order chi connectivity index (χ1) is 6.34. The molecule has 2 nitrogen and oxygen atoms in total. The van der Waals surface area contributed by atoms with E-state index in [2.05, 4.69) is 12.1 Å². The second kappa shape index (κ2) is 3.60. The second-order valence-electron chi connectivity index (χ2n) is 3.44. The van der Waals surface area contributed by atoms with Crippen LogP contribution in [0.2, 0.25) is 0 Å². The van der Waals surface area contributed by atoms with Crippen molar-refractivity contribution in [2.45, 2.75) is 12.8 Å². The van der Waals surface area contributed by atoms with Crippen molar-refractivity contribution < 1.29 is 9.53 Å². The van der Waals surface area contributed by atoms with E-state index in [9.17, 15) is 4.79 Å². The van der Waals surface area contributed by atoms with E-state index >= 15 is 0 Å². The number of esters is 1. The molecule has 1 fully saturated rings. The molecule has 1 saturated heterocycles. The van der Waals surface area contributed by atoms with Crippen LogP contribution in [0.25, 0.3) is 0 Å². The van der Waals surface area contributed by atoms with Gasteiger partial charge in [-0.25, -0.2) is 0 Å². The zero-order valence-corrected chi connectivity index (χ0v) is 7.40. The van der Waals surface area contributed by atoms with E-state index in [1.54, 1.807) is 0 Å². The summed E-state index contributed by atoms with van der Waals surface area (Å²) in [6.07, 6.45) is 1.53. The zero-order valence-electron chi connectivity index (χ0n) is 7.40. The highest BCUT2D eigenvalue weighted by Gasteiger charge is 2.23. The van der Waals surface area contributed by atoms with Crippen molar-refractivity contribution in [1.82, 2.24) is 0 Å². The van der Waals surface area contributed by atoms with Gasteiger partial charge in [0.1, 0.15) is 0 Å². The predicted octanol–water partition coefficient (Wildman–Crippen LogP) is 1.79. The summed E-state index contributed by atoms with van der Waals surface area (Å²) in [7, 11) is 0. The molecule has 0 amide bonds. The minimum Gasteiger partial charge on any atom is -0.465 e. The number of hydrogen-bond acceptors (Lipinski definition) is 2. The van der Waals surface area contributed by atoms with Gasteiger partial charge in [-0.05, 0) is 12.0 Å². The van der Waals surface area contributed by atoms with E-state index in [1.165, 1.54) is 5.56 Å². The number of ether oxygens (including phenoxy) is 1. The molecule has 2 rings (SSSR count). The molecule has 13 heavy (non-hydrogen) atoms. The lowest BCUT2D eigenvalue weighted by Gasteiger charge is -2.04. The molecule has 2 heteroatoms. The summed E-state index contributed by atoms with van der Waals surface area (Å²) in [5.41, 5.74) is 1.28. The third-order valence-corrected chi connectivity index (χ3v) is 2.30. The largest absolute Gasteiger partial charge is 0.465 e. The molecule has 1 atom stereocenters. The van der Waals surface area contributed by atoms with Gasteiger partial charge in [-0.3, -0.25) is 4.79 Å². The lowest BCUT2D eigenvalue weighted by Crippen LogP contribution is -2.03. The van der Waals surface area contributed by atoms with Gasteiger partial charge in [-0.15, -0.1) is 0 Å². The molecule has 1 heterocycles. The lowest BCUT2D eigenvalue weighted by atomic mass is 9.99. The number of carbonyl (C=O) groups excluding carboxylic acids is 1. The van der Waals surface area contributed by atoms with E-state index < -0.39 is 0 Å². The van der Waals surface area contributed by atoms with Crippen LogP contribution in [-0.4, -0.2) is 12.6 Å². The van der Waals surface area contributed by atoms with Crippen molar-refractivity contribution in [1.29, 1.82) is 0 Å². The maximum Gasteiger partial charge on any atom is 0.306 e. The van der Waals surface area contributed by atoms with Crippen molar-refractivity contribution in [3.05, 3.63) is 35.9 Å². The second-order valence-corrected chi connectivity index (χ2v) is 3.44. The Labute approximate surface area is 77.5 Å². The molecule has 0 spiro atoms. The van der Waals surface area contributed by atoms with Crippen molar-refractivity contribution in [3.8, 4) is 0 Å². The summed E-state index contributed by atoms with van der Waals surface area (Å²) in [5.74, 6) is 0.329. The van der Waals surface area contributed by atoms with E-state index in [4.69, 9.17) is 4.74 Å². The molecular formula is C11H12O2. The predicted molar refractivity (Wildman–Crippen MR) is 49.2 cm³/mol. The lowest BCUT2D eigenvalue weighted by molar-refractivity contribution is -0.137. The van der Waals surface area contributed by atoms with Gasteiger partial charge in [0.05, 0.1) is 13.0 Å². The normalized spacial score (nSPS) is 21.5. The molecule has 0 saturated carbocycles. The number of benzene rings is 1. The van der Waals surface area contributed by atoms with Gasteiger partial charge in [0, 0.05) is 5.92 Å². The minimum absolute atomic E-state index is 0.0547. The van der Waals surface area contributed by atoms with Gasteiger partial charge >= 0.3 is 5.97 Å². The van der Waals surface area contributed by atoms with Crippen LogP contribution in [0.15, 0.2) is 30.3 Å². The van der Waals surface area contributed by atoms with Crippen LogP contribution >= 0.6 is 0 Å². The van der Waals surface area contributed by atoms with Crippen LogP contribution in [0.4, 0.5) is 0 Å². The highest BCUT2D eigenvalue weighted by atomic mass is 16.5. The fourth-order valence-corrected chi connectivity index (χ4v) is 1.64. The van der Waals surface area contributed by atoms with Gasteiger partial charge < -0.3 is 4.74 Å². The fraction of sp³-hybridized carbons (Fsp3) is 0.364. The van der Waals surface area contributed by atoms with Crippen molar-refractivity contribution in [2.75, 3.05) is 6.61 Å². The maximum atomic E-state index is 10.8. The highest BCUT2D eigenvalue weighted by molar-refractivity contribution is 5.71. The number of rotatable bonds is 2. The number of carbonyl (C=O) groups is 1. The quantitative estimate of drug-likeness (QED) is 0.642. The third kappa shape index (κ3) is 2.08. The van der Waals surface area contributed by atoms with Gasteiger partial charge in [0.15, 0.2) is 0 Å². The van der Waals surface area contributed by atoms with Gasteiger partial charge in [0.25, 0.3) is 0 Å². The SMILES string of the molecule is O=C1C[C@H](Cc2ccccc2)CO1. The Kier molecular flexibility index (Phi) is 2.30. The van der Waals surface area contributed by atoms with Crippen molar-refractivity contribution in [3.63, 3.8) is 0 Å². The van der Waals surface area contributed by atoms with Gasteiger partial charge in [-0.1, -0.05) is 30.3 Å². The van der Waals surface area contributed by atoms with Crippen LogP contribution in [0.1, 0.15) is 12.0 Å². The Balaban J connectivity index is 1.96. The molecule has 1 aromatic rings. The van der Waals surface area contributed by atoms with Gasteiger partial charge in [0.2, 0.25) is 0 Å². The number of cyclic esters (lactones) is 1. The van der Waals surface area contributed by atoms with E-state index in [0.29, 0.717) is 18.9 Å². The Hall–Kier alpha value is -1.31. The van der Waals surface area contributed by atoms with Crippen LogP contribution in [0, 0.1) is 5.92 Å². The van der Waals surface area contributed by atoms with Crippen LogP contribution in [-0.2, 0) is 16.0 Å². The molecule has 0 unspecified atom stereocenters. The molecule has 1 aliphatic rings. The minimum atomic E-state index is -0.0547. The van der Waals surface area contributed by atoms with Crippen LogP contribution in [0.3, 0.4) is 0 Å². The number of hydrogen-bond donors (Lipinski definition) is 0. The summed E-state index contributed by atoms with van der Waals surface area (Å²) in [4.78, 5) is 10.8. The zero-order chi connectivity index (χ0) is 9.10. The fourth-order valence-electron chi connectivity index (χ4n) is 1.64. The Morgan fingerprint density at radius 2 is 2.08 bits per heavy atom. The molecule has 0 radical (unpaired) electrons. The van der Waals surface area contributed by atoms with E-state index in [1.807, 2.05) is 18.2 Å². The average Bonchev–Trinajstić information content (AvgIpc) is 2.53. The smallest absolute Gasteiger partial charge is 0.306 e. The highest BCUT2D eigenvalue weighted by Crippen LogP contribution is 2.18. The maximum absolute atomic E-state index is 10.8. The Morgan fingerprint density at radius 1 is 1.31 bits per heavy atom. The standard InChI is InChI=1S/C11H12O2/c12-11-7-10(8-13-11)6-9-4-2-1-3-5-9/h1-5,10H,6-8H2/t10-/m0/s1. The molecule has 68 valence electrons. The topological polar surface area (TPSA) is 26.3 Å². The third-order valence-electron chi connectivity index (χ3n) is 2.30. The Morgan fingerprint density at radius 3 is 2.69 bits per heavy atom. The molecule has 1 aromatic carbocycles. The average molecular weight is 176 g/mol. The first kappa shape index (κ1) is 8.30. The molecule has 1 aliphatic heterocycles. The summed E-state index contributed by atoms with van der Waals surface area (Å²) >= 11 is 0. The summed E-state index contributed by atoms with van der Waals surface area (Å²) in [5, 5.41) is 0. The van der Waals surface area contributed by atoms with E-state index in [-0.39, 0.29) is 5.97 Å².